The minimum atomic E-state index is -0.0753. The van der Waals surface area contributed by atoms with Crippen LogP contribution in [0.4, 0.5) is 0 Å². The number of Topliss-reactive ketones (excluding diaryl/α,β-unsaturated/α-hetero) is 1. The van der Waals surface area contributed by atoms with E-state index in [1.807, 2.05) is 37.3 Å². The number of carbonyl (C=O) groups excluding carboxylic acids is 1. The first-order valence-corrected chi connectivity index (χ1v) is 6.32. The third-order valence-corrected chi connectivity index (χ3v) is 3.24. The average molecular weight is 271 g/mol. The van der Waals surface area contributed by atoms with Gasteiger partial charge in [0, 0.05) is 5.02 Å². The maximum absolute atomic E-state index is 12.2. The van der Waals surface area contributed by atoms with Crippen LogP contribution in [-0.4, -0.2) is 5.78 Å². The van der Waals surface area contributed by atoms with Crippen molar-refractivity contribution in [3.8, 4) is 5.75 Å². The van der Waals surface area contributed by atoms with Gasteiger partial charge >= 0.3 is 0 Å². The zero-order valence-electron chi connectivity index (χ0n) is 10.3. The van der Waals surface area contributed by atoms with Gasteiger partial charge in [0.25, 0.3) is 0 Å². The summed E-state index contributed by atoms with van der Waals surface area (Å²) in [6.45, 7) is 1.95. The van der Waals surface area contributed by atoms with Crippen LogP contribution in [0, 0.1) is 6.92 Å². The van der Waals surface area contributed by atoms with Gasteiger partial charge < -0.3 is 4.74 Å². The zero-order valence-corrected chi connectivity index (χ0v) is 11.1. The molecule has 0 spiro atoms. The molecule has 0 N–H and O–H groups in total. The van der Waals surface area contributed by atoms with Crippen LogP contribution in [0.1, 0.15) is 21.5 Å². The molecule has 2 aromatic rings. The van der Waals surface area contributed by atoms with Crippen molar-refractivity contribution in [1.29, 1.82) is 0 Å². The van der Waals surface area contributed by atoms with Crippen molar-refractivity contribution in [3.05, 3.63) is 69.9 Å². The lowest BCUT2D eigenvalue weighted by molar-refractivity contribution is 0.101. The van der Waals surface area contributed by atoms with E-state index < -0.39 is 0 Å². The molecule has 0 atom stereocenters. The van der Waals surface area contributed by atoms with Crippen LogP contribution < -0.4 is 4.74 Å². The minimum Gasteiger partial charge on any atom is -0.452 e. The topological polar surface area (TPSA) is 26.3 Å². The Kier molecular flexibility index (Phi) is 2.88. The van der Waals surface area contributed by atoms with Crippen LogP contribution in [0.15, 0.2) is 48.2 Å². The molecule has 2 nitrogen and oxygen atoms in total. The molecule has 1 aliphatic heterocycles. The molecule has 0 radical (unpaired) electrons. The number of hydrogen-bond donors (Lipinski definition) is 0. The minimum absolute atomic E-state index is 0.0753. The van der Waals surface area contributed by atoms with E-state index in [1.54, 1.807) is 18.2 Å². The van der Waals surface area contributed by atoms with Crippen LogP contribution >= 0.6 is 11.6 Å². The van der Waals surface area contributed by atoms with E-state index in [0.29, 0.717) is 22.1 Å². The highest BCUT2D eigenvalue weighted by Gasteiger charge is 2.26. The van der Waals surface area contributed by atoms with Gasteiger partial charge in [0.05, 0.1) is 5.56 Å². The molecule has 0 aromatic heterocycles. The van der Waals surface area contributed by atoms with Crippen LogP contribution in [0.2, 0.25) is 5.02 Å². The maximum Gasteiger partial charge on any atom is 0.231 e. The molecule has 0 amide bonds. The van der Waals surface area contributed by atoms with Crippen LogP contribution in [0.25, 0.3) is 6.08 Å². The number of halogens is 1. The predicted molar refractivity (Wildman–Crippen MR) is 75.6 cm³/mol. The Labute approximate surface area is 116 Å². The van der Waals surface area contributed by atoms with Gasteiger partial charge in [-0.05, 0) is 42.8 Å². The molecule has 0 saturated carbocycles. The molecule has 1 heterocycles. The molecular weight excluding hydrogens is 260 g/mol. The highest BCUT2D eigenvalue weighted by molar-refractivity contribution is 6.30. The van der Waals surface area contributed by atoms with Gasteiger partial charge in [0.1, 0.15) is 5.75 Å². The molecule has 0 bridgehead atoms. The molecule has 94 valence electrons. The van der Waals surface area contributed by atoms with Crippen molar-refractivity contribution in [2.75, 3.05) is 0 Å². The first-order valence-electron chi connectivity index (χ1n) is 5.94. The summed E-state index contributed by atoms with van der Waals surface area (Å²) < 4.78 is 5.59. The number of carbonyl (C=O) groups is 1. The number of allylic oxidation sites excluding steroid dienone is 1. The van der Waals surface area contributed by atoms with E-state index in [2.05, 4.69) is 0 Å². The highest BCUT2D eigenvalue weighted by Crippen LogP contribution is 2.32. The molecule has 0 fully saturated rings. The summed E-state index contributed by atoms with van der Waals surface area (Å²) in [4.78, 5) is 12.2. The Bertz CT molecular complexity index is 684. The second kappa shape index (κ2) is 4.56. The standard InChI is InChI=1S/C16H11ClO2/c1-10-2-7-14-13(8-10)16(18)15(19-14)9-11-3-5-12(17)6-4-11/h2-9H,1H3/b15-9+. The van der Waals surface area contributed by atoms with Crippen LogP contribution in [-0.2, 0) is 0 Å². The Morgan fingerprint density at radius 1 is 1.11 bits per heavy atom. The molecule has 0 aliphatic carbocycles. The van der Waals surface area contributed by atoms with Gasteiger partial charge in [0.15, 0.2) is 5.76 Å². The third-order valence-electron chi connectivity index (χ3n) is 2.99. The second-order valence-corrected chi connectivity index (χ2v) is 4.93. The lowest BCUT2D eigenvalue weighted by Gasteiger charge is -1.98. The third kappa shape index (κ3) is 2.27. The smallest absolute Gasteiger partial charge is 0.231 e. The largest absolute Gasteiger partial charge is 0.452 e. The first kappa shape index (κ1) is 12.0. The molecular formula is C16H11ClO2. The van der Waals surface area contributed by atoms with Crippen LogP contribution in [0.5, 0.6) is 5.75 Å². The fourth-order valence-electron chi connectivity index (χ4n) is 2.01. The Hall–Kier alpha value is -2.06. The van der Waals surface area contributed by atoms with Crippen LogP contribution in [0.3, 0.4) is 0 Å². The summed E-state index contributed by atoms with van der Waals surface area (Å²) in [5, 5.41) is 0.666. The molecule has 19 heavy (non-hydrogen) atoms. The number of rotatable bonds is 1. The molecule has 0 saturated heterocycles. The van der Waals surface area contributed by atoms with E-state index in [-0.39, 0.29) is 5.78 Å². The van der Waals surface area contributed by atoms with Gasteiger partial charge in [-0.2, -0.15) is 0 Å². The highest BCUT2D eigenvalue weighted by atomic mass is 35.5. The van der Waals surface area contributed by atoms with Crippen molar-refractivity contribution >= 4 is 23.5 Å². The lowest BCUT2D eigenvalue weighted by atomic mass is 10.1. The Balaban J connectivity index is 1.97. The molecule has 3 rings (SSSR count). The van der Waals surface area contributed by atoms with E-state index in [1.165, 1.54) is 0 Å². The lowest BCUT2D eigenvalue weighted by Crippen LogP contribution is -1.98. The van der Waals surface area contributed by atoms with E-state index in [0.717, 1.165) is 11.1 Å². The van der Waals surface area contributed by atoms with Crippen molar-refractivity contribution in [3.63, 3.8) is 0 Å². The average Bonchev–Trinajstić information content (AvgIpc) is 2.70. The monoisotopic (exact) mass is 270 g/mol. The SMILES string of the molecule is Cc1ccc2c(c1)C(=O)/C(=C\c1ccc(Cl)cc1)O2. The van der Waals surface area contributed by atoms with Gasteiger partial charge in [-0.3, -0.25) is 4.79 Å². The molecule has 3 heteroatoms. The summed E-state index contributed by atoms with van der Waals surface area (Å²) in [6.07, 6.45) is 1.73. The maximum atomic E-state index is 12.2. The normalized spacial score (nSPS) is 15.5. The predicted octanol–water partition coefficient (Wildman–Crippen LogP) is 4.26. The summed E-state index contributed by atoms with van der Waals surface area (Å²) >= 11 is 5.83. The number of aryl methyl sites for hydroxylation is 1. The Morgan fingerprint density at radius 3 is 2.58 bits per heavy atom. The van der Waals surface area contributed by atoms with Crippen molar-refractivity contribution in [2.45, 2.75) is 6.92 Å². The fraction of sp³-hybridized carbons (Fsp3) is 0.0625. The quantitative estimate of drug-likeness (QED) is 0.724. The molecule has 0 unspecified atom stereocenters. The first-order chi connectivity index (χ1) is 9.13. The van der Waals surface area contributed by atoms with Crippen molar-refractivity contribution < 1.29 is 9.53 Å². The summed E-state index contributed by atoms with van der Waals surface area (Å²) in [5.74, 6) is 0.896. The summed E-state index contributed by atoms with van der Waals surface area (Å²) in [7, 11) is 0. The van der Waals surface area contributed by atoms with Gasteiger partial charge in [-0.25, -0.2) is 0 Å². The second-order valence-electron chi connectivity index (χ2n) is 4.49. The van der Waals surface area contributed by atoms with E-state index in [9.17, 15) is 4.79 Å². The number of ketones is 1. The number of hydrogen-bond acceptors (Lipinski definition) is 2. The zero-order chi connectivity index (χ0) is 13.4. The van der Waals surface area contributed by atoms with Gasteiger partial charge in [0.2, 0.25) is 5.78 Å². The van der Waals surface area contributed by atoms with E-state index >= 15 is 0 Å². The Morgan fingerprint density at radius 2 is 1.84 bits per heavy atom. The van der Waals surface area contributed by atoms with Crippen molar-refractivity contribution in [1.82, 2.24) is 0 Å². The summed E-state index contributed by atoms with van der Waals surface area (Å²) in [6, 6.07) is 12.9. The van der Waals surface area contributed by atoms with Gasteiger partial charge in [-0.1, -0.05) is 35.4 Å². The number of ether oxygens (including phenoxy) is 1. The number of benzene rings is 2. The fourth-order valence-corrected chi connectivity index (χ4v) is 2.14. The van der Waals surface area contributed by atoms with Gasteiger partial charge in [-0.15, -0.1) is 0 Å². The number of fused-ring (bicyclic) bond motifs is 1. The molecule has 2 aromatic carbocycles. The van der Waals surface area contributed by atoms with E-state index in [4.69, 9.17) is 16.3 Å². The molecule has 1 aliphatic rings. The summed E-state index contributed by atoms with van der Waals surface area (Å²) in [5.41, 5.74) is 2.56. The van der Waals surface area contributed by atoms with Crippen molar-refractivity contribution in [2.24, 2.45) is 0 Å².